The number of hydrogen-bond acceptors (Lipinski definition) is 3. The zero-order valence-electron chi connectivity index (χ0n) is 13.1. The van der Waals surface area contributed by atoms with Crippen LogP contribution in [0.1, 0.15) is 5.56 Å². The molecule has 0 aliphatic heterocycles. The molecular formula is C19H14FN3OS. The molecule has 4 aromatic rings. The summed E-state index contributed by atoms with van der Waals surface area (Å²) in [5.41, 5.74) is 3.25. The number of H-pyrrole nitrogens is 2. The minimum Gasteiger partial charge on any atom is -0.355 e. The highest BCUT2D eigenvalue weighted by molar-refractivity contribution is 7.98. The van der Waals surface area contributed by atoms with Crippen LogP contribution in [0.15, 0.2) is 70.7 Å². The van der Waals surface area contributed by atoms with E-state index in [1.54, 1.807) is 24.4 Å². The molecule has 0 fully saturated rings. The van der Waals surface area contributed by atoms with E-state index in [1.807, 2.05) is 30.3 Å². The largest absolute Gasteiger partial charge is 0.355 e. The van der Waals surface area contributed by atoms with E-state index in [0.717, 1.165) is 11.1 Å². The lowest BCUT2D eigenvalue weighted by atomic mass is 10.1. The molecule has 0 amide bonds. The summed E-state index contributed by atoms with van der Waals surface area (Å²) in [6.45, 7) is 0. The molecule has 4 nitrogen and oxygen atoms in total. The minimum atomic E-state index is -0.259. The fourth-order valence-electron chi connectivity index (χ4n) is 2.66. The van der Waals surface area contributed by atoms with Crippen molar-refractivity contribution in [2.24, 2.45) is 0 Å². The van der Waals surface area contributed by atoms with Gasteiger partial charge in [-0.1, -0.05) is 60.3 Å². The molecule has 0 saturated heterocycles. The van der Waals surface area contributed by atoms with E-state index in [9.17, 15) is 9.18 Å². The molecule has 2 heterocycles. The number of fused-ring (bicyclic) bond motifs is 1. The van der Waals surface area contributed by atoms with Crippen LogP contribution in [0, 0.1) is 5.82 Å². The predicted octanol–water partition coefficient (Wildman–Crippen LogP) is 4.35. The molecule has 0 aliphatic rings. The quantitative estimate of drug-likeness (QED) is 0.424. The number of halogens is 1. The van der Waals surface area contributed by atoms with Crippen LogP contribution in [0.5, 0.6) is 0 Å². The Bertz CT molecular complexity index is 1090. The molecule has 6 heteroatoms. The van der Waals surface area contributed by atoms with Gasteiger partial charge in [0.1, 0.15) is 16.9 Å². The molecular weight excluding hydrogens is 337 g/mol. The second kappa shape index (κ2) is 6.57. The Hall–Kier alpha value is -2.86. The standard InChI is InChI=1S/C19H14FN3OS/c20-15-9-5-4-8-13(15)11-25-19-22-16-14(12-6-2-1-3-7-12)10-21-17(16)18(24)23-19/h1-10,21H,11H2,(H,22,23,24). The van der Waals surface area contributed by atoms with Crippen LogP contribution in [-0.4, -0.2) is 15.0 Å². The Morgan fingerprint density at radius 2 is 1.80 bits per heavy atom. The third kappa shape index (κ3) is 3.08. The van der Waals surface area contributed by atoms with Gasteiger partial charge in [0.2, 0.25) is 0 Å². The fraction of sp³-hybridized carbons (Fsp3) is 0.0526. The molecule has 124 valence electrons. The number of aromatic amines is 2. The number of nitrogens with zero attached hydrogens (tertiary/aromatic N) is 1. The average molecular weight is 351 g/mol. The SMILES string of the molecule is O=c1[nH]c(SCc2ccccc2F)nc2c(-c3ccccc3)c[nH]c12. The van der Waals surface area contributed by atoms with Gasteiger partial charge < -0.3 is 4.98 Å². The highest BCUT2D eigenvalue weighted by Gasteiger charge is 2.12. The summed E-state index contributed by atoms with van der Waals surface area (Å²) in [6, 6.07) is 16.4. The maximum atomic E-state index is 13.7. The molecule has 2 aromatic carbocycles. The van der Waals surface area contributed by atoms with E-state index in [-0.39, 0.29) is 11.4 Å². The lowest BCUT2D eigenvalue weighted by molar-refractivity contribution is 0.617. The molecule has 0 atom stereocenters. The van der Waals surface area contributed by atoms with Crippen LogP contribution >= 0.6 is 11.8 Å². The van der Waals surface area contributed by atoms with Gasteiger partial charge in [-0.15, -0.1) is 0 Å². The van der Waals surface area contributed by atoms with Gasteiger partial charge in [-0.05, 0) is 17.2 Å². The van der Waals surface area contributed by atoms with Crippen molar-refractivity contribution in [3.8, 4) is 11.1 Å². The van der Waals surface area contributed by atoms with Crippen LogP contribution in [-0.2, 0) is 5.75 Å². The first-order valence-electron chi connectivity index (χ1n) is 7.75. The van der Waals surface area contributed by atoms with Crippen molar-refractivity contribution in [3.63, 3.8) is 0 Å². The molecule has 0 bridgehead atoms. The van der Waals surface area contributed by atoms with Gasteiger partial charge in [-0.3, -0.25) is 9.78 Å². The summed E-state index contributed by atoms with van der Waals surface area (Å²) in [4.78, 5) is 22.6. The number of aromatic nitrogens is 3. The molecule has 2 N–H and O–H groups in total. The van der Waals surface area contributed by atoms with Crippen LogP contribution in [0.3, 0.4) is 0 Å². The maximum absolute atomic E-state index is 13.7. The van der Waals surface area contributed by atoms with Gasteiger partial charge in [0, 0.05) is 17.5 Å². The Kier molecular flexibility index (Phi) is 4.11. The second-order valence-corrected chi connectivity index (χ2v) is 6.51. The first-order valence-corrected chi connectivity index (χ1v) is 8.74. The predicted molar refractivity (Wildman–Crippen MR) is 98.1 cm³/mol. The number of nitrogens with one attached hydrogen (secondary N) is 2. The van der Waals surface area contributed by atoms with Crippen molar-refractivity contribution >= 4 is 22.8 Å². The molecule has 0 radical (unpaired) electrons. The van der Waals surface area contributed by atoms with Crippen molar-refractivity contribution in [2.75, 3.05) is 0 Å². The van der Waals surface area contributed by atoms with Gasteiger partial charge in [0.15, 0.2) is 5.16 Å². The lowest BCUT2D eigenvalue weighted by Crippen LogP contribution is -2.09. The van der Waals surface area contributed by atoms with Crippen molar-refractivity contribution in [1.82, 2.24) is 15.0 Å². The zero-order chi connectivity index (χ0) is 17.2. The average Bonchev–Trinajstić information content (AvgIpc) is 3.06. The van der Waals surface area contributed by atoms with Crippen LogP contribution in [0.25, 0.3) is 22.2 Å². The summed E-state index contributed by atoms with van der Waals surface area (Å²) in [5, 5.41) is 0.470. The Balaban J connectivity index is 1.71. The van der Waals surface area contributed by atoms with Crippen molar-refractivity contribution < 1.29 is 4.39 Å². The van der Waals surface area contributed by atoms with Crippen LogP contribution < -0.4 is 5.56 Å². The van der Waals surface area contributed by atoms with Crippen LogP contribution in [0.4, 0.5) is 4.39 Å². The monoisotopic (exact) mass is 351 g/mol. The number of thioether (sulfide) groups is 1. The molecule has 0 saturated carbocycles. The van der Waals surface area contributed by atoms with Crippen molar-refractivity contribution in [1.29, 1.82) is 0 Å². The normalized spacial score (nSPS) is 11.1. The molecule has 0 unspecified atom stereocenters. The summed E-state index contributed by atoms with van der Waals surface area (Å²) in [5.74, 6) is 0.136. The Labute approximate surface area is 147 Å². The van der Waals surface area contributed by atoms with E-state index in [0.29, 0.717) is 27.5 Å². The van der Waals surface area contributed by atoms with Gasteiger partial charge in [0.25, 0.3) is 5.56 Å². The smallest absolute Gasteiger partial charge is 0.275 e. The highest BCUT2D eigenvalue weighted by Crippen LogP contribution is 2.27. The summed E-state index contributed by atoms with van der Waals surface area (Å²) in [6.07, 6.45) is 1.79. The molecule has 0 spiro atoms. The molecule has 4 rings (SSSR count). The van der Waals surface area contributed by atoms with Gasteiger partial charge in [-0.25, -0.2) is 9.37 Å². The van der Waals surface area contributed by atoms with Gasteiger partial charge in [0.05, 0.1) is 0 Å². The topological polar surface area (TPSA) is 61.5 Å². The minimum absolute atomic E-state index is 0.233. The van der Waals surface area contributed by atoms with E-state index < -0.39 is 0 Å². The molecule has 2 aromatic heterocycles. The van der Waals surface area contributed by atoms with Crippen LogP contribution in [0.2, 0.25) is 0 Å². The van der Waals surface area contributed by atoms with E-state index in [2.05, 4.69) is 15.0 Å². The van der Waals surface area contributed by atoms with Gasteiger partial charge in [-0.2, -0.15) is 0 Å². The third-order valence-corrected chi connectivity index (χ3v) is 4.84. The van der Waals surface area contributed by atoms with E-state index >= 15 is 0 Å². The lowest BCUT2D eigenvalue weighted by Gasteiger charge is -2.04. The Morgan fingerprint density at radius 1 is 1.04 bits per heavy atom. The zero-order valence-corrected chi connectivity index (χ0v) is 13.9. The van der Waals surface area contributed by atoms with Crippen molar-refractivity contribution in [3.05, 3.63) is 82.5 Å². The first-order chi connectivity index (χ1) is 12.2. The molecule has 25 heavy (non-hydrogen) atoms. The summed E-state index contributed by atoms with van der Waals surface area (Å²) >= 11 is 1.30. The van der Waals surface area contributed by atoms with E-state index in [4.69, 9.17) is 0 Å². The fourth-order valence-corrected chi connectivity index (χ4v) is 3.51. The van der Waals surface area contributed by atoms with E-state index in [1.165, 1.54) is 17.8 Å². The third-order valence-electron chi connectivity index (χ3n) is 3.92. The first kappa shape index (κ1) is 15.7. The summed E-state index contributed by atoms with van der Waals surface area (Å²) in [7, 11) is 0. The number of rotatable bonds is 4. The Morgan fingerprint density at radius 3 is 2.60 bits per heavy atom. The maximum Gasteiger partial charge on any atom is 0.275 e. The van der Waals surface area contributed by atoms with Crippen molar-refractivity contribution in [2.45, 2.75) is 10.9 Å². The summed E-state index contributed by atoms with van der Waals surface area (Å²) < 4.78 is 13.7. The number of benzene rings is 2. The molecule has 0 aliphatic carbocycles. The van der Waals surface area contributed by atoms with Gasteiger partial charge >= 0.3 is 0 Å². The second-order valence-electron chi connectivity index (χ2n) is 5.54. The highest BCUT2D eigenvalue weighted by atomic mass is 32.2. The number of hydrogen-bond donors (Lipinski definition) is 2.